The summed E-state index contributed by atoms with van der Waals surface area (Å²) in [7, 11) is 1.73. The Morgan fingerprint density at radius 1 is 1.04 bits per heavy atom. The molecule has 1 heterocycles. The molecule has 0 unspecified atom stereocenters. The van der Waals surface area contributed by atoms with E-state index in [4.69, 9.17) is 9.47 Å². The summed E-state index contributed by atoms with van der Waals surface area (Å²) < 4.78 is 10.9. The van der Waals surface area contributed by atoms with Gasteiger partial charge in [-0.25, -0.2) is 0 Å². The fraction of sp³-hybridized carbons (Fsp3) is 0.381. The van der Waals surface area contributed by atoms with Crippen LogP contribution < -0.4 is 10.1 Å². The largest absolute Gasteiger partial charge is 0.457 e. The van der Waals surface area contributed by atoms with Crippen molar-refractivity contribution in [3.63, 3.8) is 0 Å². The third-order valence-corrected chi connectivity index (χ3v) is 4.63. The molecule has 1 fully saturated rings. The number of nitrogens with one attached hydrogen (secondary N) is 1. The summed E-state index contributed by atoms with van der Waals surface area (Å²) in [4.78, 5) is 14.8. The zero-order valence-electron chi connectivity index (χ0n) is 15.2. The number of methoxy groups -OCH3 is 1. The maximum absolute atomic E-state index is 12.5. The molecule has 1 N–H and O–H groups in total. The SMILES string of the molecule is COCCN1CCC(NC(=O)c2ccc(Oc3ccccc3)cc2)CC1. The van der Waals surface area contributed by atoms with Crippen molar-refractivity contribution in [2.75, 3.05) is 33.4 Å². The van der Waals surface area contributed by atoms with Crippen LogP contribution in [0.3, 0.4) is 0 Å². The lowest BCUT2D eigenvalue weighted by atomic mass is 10.0. The Labute approximate surface area is 154 Å². The monoisotopic (exact) mass is 354 g/mol. The molecule has 1 aliphatic rings. The van der Waals surface area contributed by atoms with Gasteiger partial charge in [-0.05, 0) is 49.2 Å². The van der Waals surface area contributed by atoms with Crippen molar-refractivity contribution in [3.05, 3.63) is 60.2 Å². The van der Waals surface area contributed by atoms with Gasteiger partial charge in [0.2, 0.25) is 0 Å². The van der Waals surface area contributed by atoms with E-state index in [1.165, 1.54) is 0 Å². The smallest absolute Gasteiger partial charge is 0.251 e. The minimum Gasteiger partial charge on any atom is -0.457 e. The summed E-state index contributed by atoms with van der Waals surface area (Å²) in [5, 5.41) is 3.14. The quantitative estimate of drug-likeness (QED) is 0.829. The van der Waals surface area contributed by atoms with Crippen LogP contribution in [0, 0.1) is 0 Å². The number of rotatable bonds is 7. The van der Waals surface area contributed by atoms with Crippen LogP contribution in [0.2, 0.25) is 0 Å². The second-order valence-electron chi connectivity index (χ2n) is 6.52. The van der Waals surface area contributed by atoms with Crippen LogP contribution in [0.5, 0.6) is 11.5 Å². The standard InChI is InChI=1S/C21H26N2O3/c1-25-16-15-23-13-11-18(12-14-23)22-21(24)17-7-9-20(10-8-17)26-19-5-3-2-4-6-19/h2-10,18H,11-16H2,1H3,(H,22,24). The second-order valence-corrected chi connectivity index (χ2v) is 6.52. The highest BCUT2D eigenvalue weighted by Crippen LogP contribution is 2.21. The molecule has 0 atom stereocenters. The molecule has 5 nitrogen and oxygen atoms in total. The van der Waals surface area contributed by atoms with Crippen LogP contribution in [0.4, 0.5) is 0 Å². The van der Waals surface area contributed by atoms with Crippen LogP contribution in [0.15, 0.2) is 54.6 Å². The van der Waals surface area contributed by atoms with E-state index >= 15 is 0 Å². The first-order valence-corrected chi connectivity index (χ1v) is 9.10. The van der Waals surface area contributed by atoms with Gasteiger partial charge in [0, 0.05) is 38.3 Å². The highest BCUT2D eigenvalue weighted by Gasteiger charge is 2.20. The van der Waals surface area contributed by atoms with Gasteiger partial charge in [-0.2, -0.15) is 0 Å². The summed E-state index contributed by atoms with van der Waals surface area (Å²) in [6.07, 6.45) is 1.95. The number of carbonyl (C=O) groups is 1. The molecule has 0 radical (unpaired) electrons. The predicted molar refractivity (Wildman–Crippen MR) is 102 cm³/mol. The number of likely N-dealkylation sites (tertiary alicyclic amines) is 1. The maximum atomic E-state index is 12.5. The molecule has 1 amide bonds. The average Bonchev–Trinajstić information content (AvgIpc) is 2.69. The van der Waals surface area contributed by atoms with Crippen LogP contribution in [0.25, 0.3) is 0 Å². The lowest BCUT2D eigenvalue weighted by Gasteiger charge is -2.32. The van der Waals surface area contributed by atoms with E-state index in [-0.39, 0.29) is 11.9 Å². The zero-order valence-corrected chi connectivity index (χ0v) is 15.2. The van der Waals surface area contributed by atoms with Gasteiger partial charge < -0.3 is 19.7 Å². The van der Waals surface area contributed by atoms with Gasteiger partial charge in [0.15, 0.2) is 0 Å². The Hall–Kier alpha value is -2.37. The highest BCUT2D eigenvalue weighted by molar-refractivity contribution is 5.94. The molecular weight excluding hydrogens is 328 g/mol. The van der Waals surface area contributed by atoms with Crippen LogP contribution >= 0.6 is 0 Å². The van der Waals surface area contributed by atoms with Gasteiger partial charge >= 0.3 is 0 Å². The molecule has 2 aromatic rings. The number of amides is 1. The topological polar surface area (TPSA) is 50.8 Å². The van der Waals surface area contributed by atoms with Gasteiger partial charge in [-0.15, -0.1) is 0 Å². The van der Waals surface area contributed by atoms with Crippen molar-refractivity contribution in [1.82, 2.24) is 10.2 Å². The lowest BCUT2D eigenvalue weighted by molar-refractivity contribution is 0.0893. The molecule has 3 rings (SSSR count). The Morgan fingerprint density at radius 3 is 2.35 bits per heavy atom. The number of benzene rings is 2. The molecule has 0 aromatic heterocycles. The third-order valence-electron chi connectivity index (χ3n) is 4.63. The fourth-order valence-corrected chi connectivity index (χ4v) is 3.09. The molecule has 26 heavy (non-hydrogen) atoms. The molecule has 2 aromatic carbocycles. The van der Waals surface area contributed by atoms with E-state index in [1.54, 1.807) is 19.2 Å². The van der Waals surface area contributed by atoms with Crippen LogP contribution in [-0.4, -0.2) is 50.2 Å². The lowest BCUT2D eigenvalue weighted by Crippen LogP contribution is -2.45. The second kappa shape index (κ2) is 9.36. The van der Waals surface area contributed by atoms with E-state index in [9.17, 15) is 4.79 Å². The summed E-state index contributed by atoms with van der Waals surface area (Å²) in [5.74, 6) is 1.48. The molecule has 1 aliphatic heterocycles. The van der Waals surface area contributed by atoms with Crippen LogP contribution in [-0.2, 0) is 4.74 Å². The van der Waals surface area contributed by atoms with Gasteiger partial charge in [-0.1, -0.05) is 18.2 Å². The minimum absolute atomic E-state index is 0.0217. The summed E-state index contributed by atoms with van der Waals surface area (Å²) in [6, 6.07) is 17.1. The van der Waals surface area contributed by atoms with Crippen molar-refractivity contribution < 1.29 is 14.3 Å². The molecule has 1 saturated heterocycles. The predicted octanol–water partition coefficient (Wildman–Crippen LogP) is 3.32. The Morgan fingerprint density at radius 2 is 1.69 bits per heavy atom. The van der Waals surface area contributed by atoms with Crippen molar-refractivity contribution in [3.8, 4) is 11.5 Å². The molecule has 0 aliphatic carbocycles. The van der Waals surface area contributed by atoms with Crippen molar-refractivity contribution in [1.29, 1.82) is 0 Å². The Kier molecular flexibility index (Phi) is 6.63. The van der Waals surface area contributed by atoms with Gasteiger partial charge in [0.25, 0.3) is 5.91 Å². The Bertz CT molecular complexity index is 680. The summed E-state index contributed by atoms with van der Waals surface area (Å²) in [5.41, 5.74) is 0.659. The van der Waals surface area contributed by atoms with Gasteiger partial charge in [0.05, 0.1) is 6.61 Å². The van der Waals surface area contributed by atoms with Crippen LogP contribution in [0.1, 0.15) is 23.2 Å². The van der Waals surface area contributed by atoms with Crippen molar-refractivity contribution in [2.24, 2.45) is 0 Å². The number of hydrogen-bond acceptors (Lipinski definition) is 4. The van der Waals surface area contributed by atoms with E-state index in [1.807, 2.05) is 42.5 Å². The first-order valence-electron chi connectivity index (χ1n) is 9.10. The molecular formula is C21H26N2O3. The number of piperidine rings is 1. The minimum atomic E-state index is -0.0217. The van der Waals surface area contributed by atoms with E-state index < -0.39 is 0 Å². The number of para-hydroxylation sites is 1. The number of ether oxygens (including phenoxy) is 2. The zero-order chi connectivity index (χ0) is 18.2. The molecule has 0 spiro atoms. The van der Waals surface area contributed by atoms with Crippen molar-refractivity contribution >= 4 is 5.91 Å². The highest BCUT2D eigenvalue weighted by atomic mass is 16.5. The number of hydrogen-bond donors (Lipinski definition) is 1. The number of nitrogens with zero attached hydrogens (tertiary/aromatic N) is 1. The molecule has 0 saturated carbocycles. The summed E-state index contributed by atoms with van der Waals surface area (Å²) in [6.45, 7) is 3.71. The summed E-state index contributed by atoms with van der Waals surface area (Å²) >= 11 is 0. The van der Waals surface area contributed by atoms with Crippen molar-refractivity contribution in [2.45, 2.75) is 18.9 Å². The first-order chi connectivity index (χ1) is 12.7. The maximum Gasteiger partial charge on any atom is 0.251 e. The average molecular weight is 354 g/mol. The normalized spacial score (nSPS) is 15.6. The van der Waals surface area contributed by atoms with E-state index in [2.05, 4.69) is 10.2 Å². The molecule has 0 bridgehead atoms. The van der Waals surface area contributed by atoms with Gasteiger partial charge in [0.1, 0.15) is 11.5 Å². The Balaban J connectivity index is 1.48. The molecule has 5 heteroatoms. The fourth-order valence-electron chi connectivity index (χ4n) is 3.09. The van der Waals surface area contributed by atoms with Gasteiger partial charge in [-0.3, -0.25) is 4.79 Å². The van der Waals surface area contributed by atoms with E-state index in [0.717, 1.165) is 50.6 Å². The van der Waals surface area contributed by atoms with E-state index in [0.29, 0.717) is 5.56 Å². The molecule has 138 valence electrons. The third kappa shape index (κ3) is 5.31. The first kappa shape index (κ1) is 18.4. The number of carbonyl (C=O) groups excluding carboxylic acids is 1.